The Morgan fingerprint density at radius 3 is 2.89 bits per heavy atom. The molecule has 1 unspecified atom stereocenters. The van der Waals surface area contributed by atoms with E-state index in [1.165, 1.54) is 16.8 Å². The number of halogens is 2. The molecule has 0 bridgehead atoms. The first-order valence-corrected chi connectivity index (χ1v) is 6.76. The van der Waals surface area contributed by atoms with Gasteiger partial charge in [-0.25, -0.2) is 4.68 Å². The molecule has 6 nitrogen and oxygen atoms in total. The standard InChI is InChI=1S/C11H10BrClN4O2/c1-2-9(13)10-6-16(15-14-10)11-4-3-7(17(18)19)5-8(11)12/h3-6,9H,2H2,1H3. The normalized spacial score (nSPS) is 12.4. The van der Waals surface area contributed by atoms with Crippen molar-refractivity contribution < 1.29 is 4.92 Å². The summed E-state index contributed by atoms with van der Waals surface area (Å²) in [6.45, 7) is 1.96. The smallest absolute Gasteiger partial charge is 0.258 e. The Morgan fingerprint density at radius 1 is 1.58 bits per heavy atom. The minimum atomic E-state index is -0.451. The molecule has 1 atom stereocenters. The van der Waals surface area contributed by atoms with Gasteiger partial charge in [0.05, 0.1) is 26.7 Å². The van der Waals surface area contributed by atoms with Gasteiger partial charge in [0.25, 0.3) is 5.69 Å². The monoisotopic (exact) mass is 344 g/mol. The second-order valence-electron chi connectivity index (χ2n) is 3.86. The first-order chi connectivity index (χ1) is 9.02. The van der Waals surface area contributed by atoms with Crippen LogP contribution in [0, 0.1) is 10.1 Å². The molecule has 2 aromatic rings. The Kier molecular flexibility index (Phi) is 4.16. The van der Waals surface area contributed by atoms with E-state index in [0.29, 0.717) is 15.9 Å². The van der Waals surface area contributed by atoms with Gasteiger partial charge in [-0.2, -0.15) is 0 Å². The van der Waals surface area contributed by atoms with E-state index >= 15 is 0 Å². The van der Waals surface area contributed by atoms with Gasteiger partial charge >= 0.3 is 0 Å². The van der Waals surface area contributed by atoms with E-state index in [-0.39, 0.29) is 11.1 Å². The predicted molar refractivity (Wildman–Crippen MR) is 74.6 cm³/mol. The van der Waals surface area contributed by atoms with Gasteiger partial charge in [-0.3, -0.25) is 10.1 Å². The lowest BCUT2D eigenvalue weighted by Gasteiger charge is -2.03. The Morgan fingerprint density at radius 2 is 2.32 bits per heavy atom. The van der Waals surface area contributed by atoms with Crippen molar-refractivity contribution in [3.63, 3.8) is 0 Å². The van der Waals surface area contributed by atoms with E-state index in [1.807, 2.05) is 6.92 Å². The summed E-state index contributed by atoms with van der Waals surface area (Å²) in [5.41, 5.74) is 1.36. The van der Waals surface area contributed by atoms with Crippen LogP contribution in [0.5, 0.6) is 0 Å². The maximum atomic E-state index is 10.7. The molecule has 0 N–H and O–H groups in total. The van der Waals surface area contributed by atoms with Gasteiger partial charge < -0.3 is 0 Å². The van der Waals surface area contributed by atoms with Crippen LogP contribution in [0.25, 0.3) is 5.69 Å². The molecule has 0 aliphatic rings. The van der Waals surface area contributed by atoms with Crippen molar-refractivity contribution >= 4 is 33.2 Å². The Balaban J connectivity index is 2.37. The van der Waals surface area contributed by atoms with Crippen molar-refractivity contribution in [1.82, 2.24) is 15.0 Å². The summed E-state index contributed by atoms with van der Waals surface area (Å²) in [5, 5.41) is 18.4. The highest BCUT2D eigenvalue weighted by Gasteiger charge is 2.14. The number of alkyl halides is 1. The molecule has 0 saturated carbocycles. The summed E-state index contributed by atoms with van der Waals surface area (Å²) in [6, 6.07) is 4.45. The summed E-state index contributed by atoms with van der Waals surface area (Å²) in [4.78, 5) is 10.2. The SMILES string of the molecule is CCC(Cl)c1cn(-c2ccc([N+](=O)[O-])cc2Br)nn1. The number of rotatable bonds is 4. The lowest BCUT2D eigenvalue weighted by molar-refractivity contribution is -0.384. The number of non-ortho nitro benzene ring substituents is 1. The van der Waals surface area contributed by atoms with Gasteiger partial charge in [0.2, 0.25) is 0 Å². The van der Waals surface area contributed by atoms with Gasteiger partial charge in [-0.1, -0.05) is 12.1 Å². The third-order valence-electron chi connectivity index (χ3n) is 2.58. The largest absolute Gasteiger partial charge is 0.270 e. The fourth-order valence-corrected chi connectivity index (χ4v) is 2.19. The molecule has 0 spiro atoms. The molecular formula is C11H10BrClN4O2. The van der Waals surface area contributed by atoms with Crippen LogP contribution in [0.4, 0.5) is 5.69 Å². The van der Waals surface area contributed by atoms with E-state index in [2.05, 4.69) is 26.2 Å². The number of benzene rings is 1. The Hall–Kier alpha value is -1.47. The summed E-state index contributed by atoms with van der Waals surface area (Å²) in [6.07, 6.45) is 2.47. The van der Waals surface area contributed by atoms with Gasteiger partial charge in [-0.15, -0.1) is 16.7 Å². The molecule has 0 aliphatic carbocycles. The van der Waals surface area contributed by atoms with Crippen LogP contribution >= 0.6 is 27.5 Å². The predicted octanol–water partition coefficient (Wildman–Crippen LogP) is 3.63. The first kappa shape index (κ1) is 14.0. The Labute approximate surface area is 122 Å². The molecule has 100 valence electrons. The molecule has 0 radical (unpaired) electrons. The summed E-state index contributed by atoms with van der Waals surface area (Å²) >= 11 is 9.37. The van der Waals surface area contributed by atoms with Crippen LogP contribution < -0.4 is 0 Å². The highest BCUT2D eigenvalue weighted by molar-refractivity contribution is 9.10. The number of nitro groups is 1. The summed E-state index contributed by atoms with van der Waals surface area (Å²) < 4.78 is 2.11. The number of hydrogen-bond donors (Lipinski definition) is 0. The van der Waals surface area contributed by atoms with Crippen LogP contribution in [0.15, 0.2) is 28.9 Å². The highest BCUT2D eigenvalue weighted by atomic mass is 79.9. The third-order valence-corrected chi connectivity index (χ3v) is 3.75. The first-order valence-electron chi connectivity index (χ1n) is 5.53. The zero-order valence-electron chi connectivity index (χ0n) is 9.96. The van der Waals surface area contributed by atoms with Gasteiger partial charge in [0.15, 0.2) is 0 Å². The van der Waals surface area contributed by atoms with Gasteiger partial charge in [0.1, 0.15) is 5.69 Å². The number of hydrogen-bond acceptors (Lipinski definition) is 4. The molecule has 0 saturated heterocycles. The van der Waals surface area contributed by atoms with Gasteiger partial charge in [-0.05, 0) is 28.4 Å². The molecule has 1 aromatic carbocycles. The molecule has 0 aliphatic heterocycles. The molecule has 8 heteroatoms. The van der Waals surface area contributed by atoms with Crippen LogP contribution in [0.3, 0.4) is 0 Å². The molecule has 19 heavy (non-hydrogen) atoms. The molecule has 0 amide bonds. The topological polar surface area (TPSA) is 73.8 Å². The van der Waals surface area contributed by atoms with Crippen molar-refractivity contribution in [3.8, 4) is 5.69 Å². The number of aromatic nitrogens is 3. The quantitative estimate of drug-likeness (QED) is 0.482. The highest BCUT2D eigenvalue weighted by Crippen LogP contribution is 2.27. The molecule has 2 rings (SSSR count). The zero-order chi connectivity index (χ0) is 14.0. The van der Waals surface area contributed by atoms with Crippen molar-refractivity contribution in [2.45, 2.75) is 18.7 Å². The average Bonchev–Trinajstić information content (AvgIpc) is 2.87. The third kappa shape index (κ3) is 2.93. The van der Waals surface area contributed by atoms with E-state index in [0.717, 1.165) is 6.42 Å². The molecular weight excluding hydrogens is 336 g/mol. The van der Waals surface area contributed by atoms with Crippen LogP contribution in [-0.2, 0) is 0 Å². The second kappa shape index (κ2) is 5.66. The molecule has 1 aromatic heterocycles. The van der Waals surface area contributed by atoms with Crippen LogP contribution in [-0.4, -0.2) is 19.9 Å². The fraction of sp³-hybridized carbons (Fsp3) is 0.273. The van der Waals surface area contributed by atoms with Gasteiger partial charge in [0, 0.05) is 12.1 Å². The van der Waals surface area contributed by atoms with E-state index in [1.54, 1.807) is 12.3 Å². The fourth-order valence-electron chi connectivity index (χ4n) is 1.54. The van der Waals surface area contributed by atoms with E-state index in [9.17, 15) is 10.1 Å². The van der Waals surface area contributed by atoms with Crippen molar-refractivity contribution in [2.24, 2.45) is 0 Å². The zero-order valence-corrected chi connectivity index (χ0v) is 12.3. The molecule has 1 heterocycles. The van der Waals surface area contributed by atoms with Crippen LogP contribution in [0.1, 0.15) is 24.4 Å². The second-order valence-corrected chi connectivity index (χ2v) is 5.24. The lowest BCUT2D eigenvalue weighted by atomic mass is 10.2. The molecule has 0 fully saturated rings. The number of nitrogens with zero attached hydrogens (tertiary/aromatic N) is 4. The maximum absolute atomic E-state index is 10.7. The van der Waals surface area contributed by atoms with Crippen LogP contribution in [0.2, 0.25) is 0 Å². The minimum Gasteiger partial charge on any atom is -0.258 e. The van der Waals surface area contributed by atoms with Crippen molar-refractivity contribution in [3.05, 3.63) is 44.7 Å². The van der Waals surface area contributed by atoms with E-state index in [4.69, 9.17) is 11.6 Å². The summed E-state index contributed by atoms with van der Waals surface area (Å²) in [5.74, 6) is 0. The average molecular weight is 346 g/mol. The van der Waals surface area contributed by atoms with E-state index < -0.39 is 4.92 Å². The van der Waals surface area contributed by atoms with Crippen molar-refractivity contribution in [1.29, 1.82) is 0 Å². The lowest BCUT2D eigenvalue weighted by Crippen LogP contribution is -1.97. The summed E-state index contributed by atoms with van der Waals surface area (Å²) in [7, 11) is 0. The maximum Gasteiger partial charge on any atom is 0.270 e. The minimum absolute atomic E-state index is 0.0136. The Bertz CT molecular complexity index is 616. The van der Waals surface area contributed by atoms with Crippen molar-refractivity contribution in [2.75, 3.05) is 0 Å². The number of nitro benzene ring substituents is 1.